The van der Waals surface area contributed by atoms with Gasteiger partial charge in [-0.05, 0) is 25.0 Å². The molecule has 0 aromatic heterocycles. The lowest BCUT2D eigenvalue weighted by Crippen LogP contribution is -2.01. The highest BCUT2D eigenvalue weighted by atomic mass is 19.2. The summed E-state index contributed by atoms with van der Waals surface area (Å²) in [7, 11) is 1.29. The predicted molar refractivity (Wildman–Crippen MR) is 46.6 cm³/mol. The Hall–Kier alpha value is -1.32. The minimum absolute atomic E-state index is 0.133. The Morgan fingerprint density at radius 2 is 2.00 bits per heavy atom. The quantitative estimate of drug-likeness (QED) is 0.746. The molecule has 0 spiro atoms. The Bertz CT molecular complexity index is 348. The van der Waals surface area contributed by atoms with Crippen LogP contribution in [0.25, 0.3) is 0 Å². The summed E-state index contributed by atoms with van der Waals surface area (Å²) in [5.41, 5.74) is 0. The molecule has 76 valence electrons. The molecule has 1 aliphatic rings. The van der Waals surface area contributed by atoms with E-state index in [2.05, 4.69) is 0 Å². The molecule has 0 unspecified atom stereocenters. The van der Waals surface area contributed by atoms with Crippen molar-refractivity contribution in [1.29, 1.82) is 0 Å². The second-order valence-electron chi connectivity index (χ2n) is 3.21. The zero-order chi connectivity index (χ0) is 10.1. The normalized spacial score (nSPS) is 15.4. The van der Waals surface area contributed by atoms with E-state index in [0.717, 1.165) is 18.9 Å². The van der Waals surface area contributed by atoms with Crippen molar-refractivity contribution >= 4 is 0 Å². The molecule has 1 fully saturated rings. The highest BCUT2D eigenvalue weighted by Crippen LogP contribution is 2.36. The van der Waals surface area contributed by atoms with Crippen LogP contribution in [0.3, 0.4) is 0 Å². The number of ether oxygens (including phenoxy) is 2. The Morgan fingerprint density at radius 3 is 2.57 bits per heavy atom. The first-order chi connectivity index (χ1) is 6.72. The Morgan fingerprint density at radius 1 is 1.29 bits per heavy atom. The second kappa shape index (κ2) is 3.44. The molecule has 1 saturated carbocycles. The molecule has 0 radical (unpaired) electrons. The van der Waals surface area contributed by atoms with Crippen LogP contribution in [0, 0.1) is 11.6 Å². The van der Waals surface area contributed by atoms with Crippen LogP contribution in [0.1, 0.15) is 12.8 Å². The van der Waals surface area contributed by atoms with Crippen LogP contribution in [-0.2, 0) is 0 Å². The van der Waals surface area contributed by atoms with Crippen LogP contribution in [0.4, 0.5) is 8.78 Å². The zero-order valence-corrected chi connectivity index (χ0v) is 7.72. The van der Waals surface area contributed by atoms with Gasteiger partial charge in [-0.1, -0.05) is 0 Å². The first kappa shape index (κ1) is 9.24. The van der Waals surface area contributed by atoms with E-state index in [1.165, 1.54) is 13.2 Å². The molecule has 1 aliphatic carbocycles. The van der Waals surface area contributed by atoms with E-state index in [-0.39, 0.29) is 17.6 Å². The summed E-state index contributed by atoms with van der Waals surface area (Å²) >= 11 is 0. The molecule has 0 heterocycles. The molecule has 2 nitrogen and oxygen atoms in total. The Labute approximate surface area is 80.4 Å². The second-order valence-corrected chi connectivity index (χ2v) is 3.21. The van der Waals surface area contributed by atoms with Gasteiger partial charge in [0.05, 0.1) is 13.2 Å². The van der Waals surface area contributed by atoms with E-state index in [9.17, 15) is 8.78 Å². The van der Waals surface area contributed by atoms with Gasteiger partial charge >= 0.3 is 0 Å². The fourth-order valence-corrected chi connectivity index (χ4v) is 1.16. The molecule has 1 aromatic rings. The van der Waals surface area contributed by atoms with Crippen molar-refractivity contribution in [1.82, 2.24) is 0 Å². The third-order valence-corrected chi connectivity index (χ3v) is 2.04. The first-order valence-electron chi connectivity index (χ1n) is 4.41. The number of halogens is 2. The summed E-state index contributed by atoms with van der Waals surface area (Å²) in [6, 6.07) is 2.42. The van der Waals surface area contributed by atoms with E-state index in [4.69, 9.17) is 9.47 Å². The van der Waals surface area contributed by atoms with Gasteiger partial charge in [0.1, 0.15) is 0 Å². The van der Waals surface area contributed by atoms with E-state index in [1.54, 1.807) is 0 Å². The average molecular weight is 200 g/mol. The molecule has 0 N–H and O–H groups in total. The maximum Gasteiger partial charge on any atom is 0.204 e. The van der Waals surface area contributed by atoms with Crippen molar-refractivity contribution in [2.75, 3.05) is 7.11 Å². The molecule has 0 atom stereocenters. The average Bonchev–Trinajstić information content (AvgIpc) is 2.96. The Balaban J connectivity index is 2.32. The maximum atomic E-state index is 13.2. The minimum atomic E-state index is -0.995. The standard InChI is InChI=1S/C10H10F2O2/c1-13-10-8(14-6-2-3-6)5-4-7(11)9(10)12/h4-6H,2-3H2,1H3. The van der Waals surface area contributed by atoms with E-state index in [0.29, 0.717) is 0 Å². The van der Waals surface area contributed by atoms with Crippen molar-refractivity contribution in [3.8, 4) is 11.5 Å². The fourth-order valence-electron chi connectivity index (χ4n) is 1.16. The smallest absolute Gasteiger partial charge is 0.204 e. The predicted octanol–water partition coefficient (Wildman–Crippen LogP) is 2.51. The molecule has 0 saturated heterocycles. The van der Waals surface area contributed by atoms with E-state index >= 15 is 0 Å². The fraction of sp³-hybridized carbons (Fsp3) is 0.400. The number of hydrogen-bond acceptors (Lipinski definition) is 2. The van der Waals surface area contributed by atoms with Crippen LogP contribution < -0.4 is 9.47 Å². The maximum absolute atomic E-state index is 13.2. The number of methoxy groups -OCH3 is 1. The third kappa shape index (κ3) is 1.64. The van der Waals surface area contributed by atoms with Crippen LogP contribution in [0.5, 0.6) is 11.5 Å². The van der Waals surface area contributed by atoms with E-state index < -0.39 is 11.6 Å². The molecule has 0 aliphatic heterocycles. The SMILES string of the molecule is COc1c(OC2CC2)ccc(F)c1F. The summed E-state index contributed by atoms with van der Waals surface area (Å²) in [6.45, 7) is 0. The highest BCUT2D eigenvalue weighted by Gasteiger charge is 2.26. The van der Waals surface area contributed by atoms with E-state index in [1.807, 2.05) is 0 Å². The van der Waals surface area contributed by atoms with Crippen LogP contribution >= 0.6 is 0 Å². The molecule has 1 aromatic carbocycles. The zero-order valence-electron chi connectivity index (χ0n) is 7.72. The van der Waals surface area contributed by atoms with Gasteiger partial charge in [-0.3, -0.25) is 0 Å². The van der Waals surface area contributed by atoms with Crippen molar-refractivity contribution < 1.29 is 18.3 Å². The largest absolute Gasteiger partial charge is 0.490 e. The van der Waals surface area contributed by atoms with Crippen LogP contribution in [0.15, 0.2) is 12.1 Å². The number of benzene rings is 1. The summed E-state index contributed by atoms with van der Waals surface area (Å²) in [5, 5.41) is 0. The number of hydrogen-bond donors (Lipinski definition) is 0. The molecule has 2 rings (SSSR count). The minimum Gasteiger partial charge on any atom is -0.490 e. The third-order valence-electron chi connectivity index (χ3n) is 2.04. The van der Waals surface area contributed by atoms with Gasteiger partial charge in [-0.25, -0.2) is 4.39 Å². The molecule has 14 heavy (non-hydrogen) atoms. The summed E-state index contributed by atoms with van der Waals surface area (Å²) < 4.78 is 36.0. The topological polar surface area (TPSA) is 18.5 Å². The van der Waals surface area contributed by atoms with Gasteiger partial charge in [-0.15, -0.1) is 0 Å². The summed E-state index contributed by atoms with van der Waals surface area (Å²) in [5.74, 6) is -1.80. The monoisotopic (exact) mass is 200 g/mol. The molecule has 4 heteroatoms. The molecule has 0 bridgehead atoms. The van der Waals surface area contributed by atoms with Crippen LogP contribution in [0.2, 0.25) is 0 Å². The molecular weight excluding hydrogens is 190 g/mol. The van der Waals surface area contributed by atoms with Crippen molar-refractivity contribution in [2.24, 2.45) is 0 Å². The lowest BCUT2D eigenvalue weighted by molar-refractivity contribution is 0.272. The lowest BCUT2D eigenvalue weighted by Gasteiger charge is -2.10. The van der Waals surface area contributed by atoms with Gasteiger partial charge in [0.2, 0.25) is 5.82 Å². The Kier molecular flexibility index (Phi) is 2.27. The van der Waals surface area contributed by atoms with Gasteiger partial charge in [0.25, 0.3) is 0 Å². The summed E-state index contributed by atoms with van der Waals surface area (Å²) in [4.78, 5) is 0. The van der Waals surface area contributed by atoms with Crippen molar-refractivity contribution in [3.05, 3.63) is 23.8 Å². The van der Waals surface area contributed by atoms with Gasteiger partial charge in [0, 0.05) is 0 Å². The van der Waals surface area contributed by atoms with Gasteiger partial charge in [0.15, 0.2) is 17.3 Å². The van der Waals surface area contributed by atoms with Crippen molar-refractivity contribution in [3.63, 3.8) is 0 Å². The summed E-state index contributed by atoms with van der Waals surface area (Å²) in [6.07, 6.45) is 2.05. The first-order valence-corrected chi connectivity index (χ1v) is 4.41. The molecular formula is C10H10F2O2. The lowest BCUT2D eigenvalue weighted by atomic mass is 10.3. The number of rotatable bonds is 3. The van der Waals surface area contributed by atoms with Crippen LogP contribution in [-0.4, -0.2) is 13.2 Å². The van der Waals surface area contributed by atoms with Gasteiger partial charge < -0.3 is 9.47 Å². The van der Waals surface area contributed by atoms with Crippen molar-refractivity contribution in [2.45, 2.75) is 18.9 Å². The molecule has 0 amide bonds. The van der Waals surface area contributed by atoms with Gasteiger partial charge in [-0.2, -0.15) is 4.39 Å². The highest BCUT2D eigenvalue weighted by molar-refractivity contribution is 5.41.